The van der Waals surface area contributed by atoms with E-state index in [1.54, 1.807) is 7.11 Å². The number of amides is 1. The average molecular weight is 352 g/mol. The molecular weight excluding hydrogens is 328 g/mol. The van der Waals surface area contributed by atoms with Crippen LogP contribution in [0.5, 0.6) is 5.88 Å². The third kappa shape index (κ3) is 3.05. The molecule has 2 aliphatic rings. The number of carbonyl (C=O) groups is 1. The number of fused-ring (bicyclic) bond motifs is 2. The topological polar surface area (TPSA) is 76.1 Å². The van der Waals surface area contributed by atoms with Crippen LogP contribution in [-0.4, -0.2) is 29.5 Å². The highest BCUT2D eigenvalue weighted by Gasteiger charge is 2.22. The second-order valence-corrected chi connectivity index (χ2v) is 6.94. The lowest BCUT2D eigenvalue weighted by molar-refractivity contribution is 0.0947. The van der Waals surface area contributed by atoms with Crippen molar-refractivity contribution in [3.63, 3.8) is 0 Å². The number of aryl methyl sites for hydroxylation is 3. The maximum absolute atomic E-state index is 12.8. The van der Waals surface area contributed by atoms with Crippen molar-refractivity contribution >= 4 is 5.91 Å². The molecule has 0 spiro atoms. The molecule has 1 amide bonds. The normalized spacial score (nSPS) is 15.3. The minimum absolute atomic E-state index is 0.144. The average Bonchev–Trinajstić information content (AvgIpc) is 3.13. The molecule has 0 unspecified atom stereocenters. The molecule has 3 heterocycles. The van der Waals surface area contributed by atoms with Gasteiger partial charge in [-0.15, -0.1) is 0 Å². The number of nitrogens with one attached hydrogen (secondary N) is 2. The number of carbonyl (C=O) groups excluding carboxylic acids is 1. The smallest absolute Gasteiger partial charge is 0.257 e. The fourth-order valence-electron chi connectivity index (χ4n) is 3.91. The summed E-state index contributed by atoms with van der Waals surface area (Å²) in [7, 11) is 1.56. The van der Waals surface area contributed by atoms with Crippen molar-refractivity contribution in [3.8, 4) is 5.88 Å². The van der Waals surface area contributed by atoms with Crippen molar-refractivity contribution < 1.29 is 9.53 Å². The predicted octanol–water partition coefficient (Wildman–Crippen LogP) is 1.86. The van der Waals surface area contributed by atoms with Gasteiger partial charge in [-0.2, -0.15) is 0 Å². The zero-order valence-corrected chi connectivity index (χ0v) is 15.3. The molecule has 2 aromatic rings. The molecule has 2 N–H and O–H groups in total. The van der Waals surface area contributed by atoms with Gasteiger partial charge >= 0.3 is 0 Å². The van der Waals surface area contributed by atoms with Crippen molar-refractivity contribution in [1.82, 2.24) is 20.6 Å². The number of hydrogen-bond acceptors (Lipinski definition) is 5. The van der Waals surface area contributed by atoms with Crippen LogP contribution in [0, 0.1) is 6.92 Å². The van der Waals surface area contributed by atoms with Gasteiger partial charge in [0.15, 0.2) is 0 Å². The lowest BCUT2D eigenvalue weighted by atomic mass is 9.96. The maximum atomic E-state index is 12.8. The molecular formula is C20H24N4O2. The van der Waals surface area contributed by atoms with E-state index in [9.17, 15) is 4.79 Å². The molecule has 6 heteroatoms. The molecule has 4 rings (SSSR count). The molecule has 26 heavy (non-hydrogen) atoms. The quantitative estimate of drug-likeness (QED) is 0.878. The minimum atomic E-state index is -0.144. The van der Waals surface area contributed by atoms with Gasteiger partial charge in [-0.3, -0.25) is 9.78 Å². The Hall–Kier alpha value is -2.47. The molecule has 0 radical (unpaired) electrons. The fraction of sp³-hybridized carbons (Fsp3) is 0.450. The van der Waals surface area contributed by atoms with Crippen LogP contribution in [0.25, 0.3) is 0 Å². The van der Waals surface area contributed by atoms with Crippen LogP contribution in [0.1, 0.15) is 50.4 Å². The summed E-state index contributed by atoms with van der Waals surface area (Å²) in [6.07, 6.45) is 5.94. The van der Waals surface area contributed by atoms with E-state index in [-0.39, 0.29) is 5.91 Å². The number of aromatic nitrogens is 2. The first-order chi connectivity index (χ1) is 12.7. The van der Waals surface area contributed by atoms with Crippen LogP contribution in [0.2, 0.25) is 0 Å². The highest BCUT2D eigenvalue weighted by Crippen LogP contribution is 2.27. The largest absolute Gasteiger partial charge is 0.480 e. The van der Waals surface area contributed by atoms with Crippen LogP contribution < -0.4 is 15.4 Å². The monoisotopic (exact) mass is 352 g/mol. The van der Waals surface area contributed by atoms with Crippen molar-refractivity contribution in [1.29, 1.82) is 0 Å². The number of pyridine rings is 2. The third-order valence-electron chi connectivity index (χ3n) is 5.35. The first-order valence-electron chi connectivity index (χ1n) is 9.19. The van der Waals surface area contributed by atoms with Gasteiger partial charge in [0.25, 0.3) is 5.91 Å². The highest BCUT2D eigenvalue weighted by atomic mass is 16.5. The summed E-state index contributed by atoms with van der Waals surface area (Å²) in [5.41, 5.74) is 7.39. The molecule has 1 aliphatic heterocycles. The Morgan fingerprint density at radius 1 is 1.31 bits per heavy atom. The summed E-state index contributed by atoms with van der Waals surface area (Å²) in [5, 5.41) is 6.42. The van der Waals surface area contributed by atoms with Crippen LogP contribution in [0.3, 0.4) is 0 Å². The Balaban J connectivity index is 1.57. The minimum Gasteiger partial charge on any atom is -0.480 e. The van der Waals surface area contributed by atoms with Gasteiger partial charge < -0.3 is 15.4 Å². The van der Waals surface area contributed by atoms with Gasteiger partial charge in [0.05, 0.1) is 7.11 Å². The van der Waals surface area contributed by atoms with Crippen LogP contribution in [-0.2, 0) is 32.4 Å². The molecule has 136 valence electrons. The molecule has 2 aromatic heterocycles. The van der Waals surface area contributed by atoms with Gasteiger partial charge in [-0.05, 0) is 67.5 Å². The Kier molecular flexibility index (Phi) is 4.59. The molecule has 0 saturated heterocycles. The van der Waals surface area contributed by atoms with Crippen molar-refractivity contribution in [2.24, 2.45) is 0 Å². The van der Waals surface area contributed by atoms with E-state index in [1.807, 2.05) is 19.2 Å². The molecule has 1 aliphatic carbocycles. The zero-order chi connectivity index (χ0) is 18.1. The van der Waals surface area contributed by atoms with E-state index in [0.717, 1.165) is 61.3 Å². The second kappa shape index (κ2) is 7.03. The lowest BCUT2D eigenvalue weighted by Gasteiger charge is -2.21. The predicted molar refractivity (Wildman–Crippen MR) is 98.4 cm³/mol. The molecule has 0 fully saturated rings. The van der Waals surface area contributed by atoms with E-state index in [2.05, 4.69) is 20.6 Å². The second-order valence-electron chi connectivity index (χ2n) is 6.94. The number of rotatable bonds is 4. The maximum Gasteiger partial charge on any atom is 0.257 e. The Morgan fingerprint density at radius 3 is 3.04 bits per heavy atom. The molecule has 0 saturated carbocycles. The Labute approximate surface area is 153 Å². The lowest BCUT2D eigenvalue weighted by Crippen LogP contribution is -2.29. The number of nitrogens with zero attached hydrogens (tertiary/aromatic N) is 2. The third-order valence-corrected chi connectivity index (χ3v) is 5.35. The standard InChI is InChI=1S/C20H24N4O2/c1-12-17(15-6-7-21-9-14(15)10-22-12)11-23-19(25)16-8-13-4-3-5-18(13)24-20(16)26-2/h8,10,21H,3-7,9,11H2,1-2H3,(H,23,25). The summed E-state index contributed by atoms with van der Waals surface area (Å²) in [6.45, 7) is 4.27. The first-order valence-corrected chi connectivity index (χ1v) is 9.19. The van der Waals surface area contributed by atoms with Crippen molar-refractivity contribution in [3.05, 3.63) is 51.5 Å². The van der Waals surface area contributed by atoms with Gasteiger partial charge in [0.1, 0.15) is 5.56 Å². The van der Waals surface area contributed by atoms with E-state index >= 15 is 0 Å². The molecule has 0 aromatic carbocycles. The highest BCUT2D eigenvalue weighted by molar-refractivity contribution is 5.96. The number of hydrogen-bond donors (Lipinski definition) is 2. The zero-order valence-electron chi connectivity index (χ0n) is 15.3. The van der Waals surface area contributed by atoms with E-state index in [0.29, 0.717) is 18.0 Å². The summed E-state index contributed by atoms with van der Waals surface area (Å²) in [6, 6.07) is 1.94. The van der Waals surface area contributed by atoms with E-state index < -0.39 is 0 Å². The van der Waals surface area contributed by atoms with Gasteiger partial charge in [0.2, 0.25) is 5.88 Å². The molecule has 6 nitrogen and oxygen atoms in total. The molecule has 0 atom stereocenters. The van der Waals surface area contributed by atoms with Gasteiger partial charge in [-0.1, -0.05) is 0 Å². The SMILES string of the molecule is COc1nc2c(cc1C(=O)NCc1c(C)ncc3c1CCNC3)CCC2. The van der Waals surface area contributed by atoms with Gasteiger partial charge in [0, 0.05) is 30.7 Å². The van der Waals surface area contributed by atoms with Crippen molar-refractivity contribution in [2.45, 2.75) is 45.7 Å². The first kappa shape index (κ1) is 17.0. The molecule has 0 bridgehead atoms. The van der Waals surface area contributed by atoms with Crippen LogP contribution >= 0.6 is 0 Å². The van der Waals surface area contributed by atoms with Crippen LogP contribution in [0.4, 0.5) is 0 Å². The summed E-state index contributed by atoms with van der Waals surface area (Å²) in [4.78, 5) is 21.8. The Bertz CT molecular complexity index is 863. The fourth-order valence-corrected chi connectivity index (χ4v) is 3.91. The van der Waals surface area contributed by atoms with E-state index in [4.69, 9.17) is 4.74 Å². The van der Waals surface area contributed by atoms with E-state index in [1.165, 1.54) is 11.1 Å². The van der Waals surface area contributed by atoms with Crippen LogP contribution in [0.15, 0.2) is 12.3 Å². The van der Waals surface area contributed by atoms with Crippen molar-refractivity contribution in [2.75, 3.05) is 13.7 Å². The summed E-state index contributed by atoms with van der Waals surface area (Å²) in [5.74, 6) is 0.271. The summed E-state index contributed by atoms with van der Waals surface area (Å²) >= 11 is 0. The Morgan fingerprint density at radius 2 is 2.19 bits per heavy atom. The summed E-state index contributed by atoms with van der Waals surface area (Å²) < 4.78 is 5.37. The number of ether oxygens (including phenoxy) is 1. The number of methoxy groups -OCH3 is 1. The van der Waals surface area contributed by atoms with Gasteiger partial charge in [-0.25, -0.2) is 4.98 Å².